The highest BCUT2D eigenvalue weighted by Crippen LogP contribution is 2.25. The van der Waals surface area contributed by atoms with Crippen LogP contribution in [0.4, 0.5) is 5.69 Å². The standard InChI is InChI=1S/C20H26N2OS/c1-4-6-17-14-19(24-16(17)3)20(23)22-11-9-21(10-12-22)18-8-5-7-15(2)13-18/h5,7-8,13-14H,4,6,9-12H2,1-3H3. The molecule has 2 aromatic rings. The second-order valence-corrected chi connectivity index (χ2v) is 7.82. The van der Waals surface area contributed by atoms with Crippen molar-refractivity contribution in [3.8, 4) is 0 Å². The fourth-order valence-corrected chi connectivity index (χ4v) is 4.33. The third-order valence-electron chi connectivity index (χ3n) is 4.68. The summed E-state index contributed by atoms with van der Waals surface area (Å²) >= 11 is 1.65. The van der Waals surface area contributed by atoms with Crippen molar-refractivity contribution in [3.05, 3.63) is 51.2 Å². The second kappa shape index (κ2) is 7.39. The van der Waals surface area contributed by atoms with Crippen molar-refractivity contribution < 1.29 is 4.79 Å². The van der Waals surface area contributed by atoms with E-state index in [1.165, 1.54) is 21.7 Å². The third kappa shape index (κ3) is 3.64. The largest absolute Gasteiger partial charge is 0.368 e. The number of hydrogen-bond donors (Lipinski definition) is 0. The van der Waals surface area contributed by atoms with Crippen LogP contribution in [-0.4, -0.2) is 37.0 Å². The Morgan fingerprint density at radius 1 is 1.12 bits per heavy atom. The predicted molar refractivity (Wildman–Crippen MR) is 102 cm³/mol. The van der Waals surface area contributed by atoms with Crippen molar-refractivity contribution in [1.29, 1.82) is 0 Å². The van der Waals surface area contributed by atoms with Gasteiger partial charge < -0.3 is 9.80 Å². The van der Waals surface area contributed by atoms with Crippen LogP contribution in [-0.2, 0) is 6.42 Å². The topological polar surface area (TPSA) is 23.6 Å². The first kappa shape index (κ1) is 17.0. The Balaban J connectivity index is 1.64. The van der Waals surface area contributed by atoms with E-state index < -0.39 is 0 Å². The summed E-state index contributed by atoms with van der Waals surface area (Å²) in [7, 11) is 0. The van der Waals surface area contributed by atoms with E-state index in [-0.39, 0.29) is 5.91 Å². The fourth-order valence-electron chi connectivity index (χ4n) is 3.29. The molecular formula is C20H26N2OS. The number of nitrogens with zero attached hydrogens (tertiary/aromatic N) is 2. The number of benzene rings is 1. The quantitative estimate of drug-likeness (QED) is 0.828. The van der Waals surface area contributed by atoms with Gasteiger partial charge in [0.2, 0.25) is 0 Å². The molecule has 2 heterocycles. The number of piperazine rings is 1. The molecule has 3 nitrogen and oxygen atoms in total. The zero-order chi connectivity index (χ0) is 17.1. The minimum absolute atomic E-state index is 0.203. The highest BCUT2D eigenvalue weighted by atomic mass is 32.1. The van der Waals surface area contributed by atoms with Crippen LogP contribution in [0.2, 0.25) is 0 Å². The molecule has 3 rings (SSSR count). The third-order valence-corrected chi connectivity index (χ3v) is 5.77. The molecule has 0 bridgehead atoms. The molecule has 24 heavy (non-hydrogen) atoms. The molecule has 0 radical (unpaired) electrons. The predicted octanol–water partition coefficient (Wildman–Crippen LogP) is 4.28. The maximum absolute atomic E-state index is 12.8. The van der Waals surface area contributed by atoms with Crippen LogP contribution in [0.25, 0.3) is 0 Å². The number of hydrogen-bond acceptors (Lipinski definition) is 3. The minimum Gasteiger partial charge on any atom is -0.368 e. The van der Waals surface area contributed by atoms with Crippen molar-refractivity contribution in [2.75, 3.05) is 31.1 Å². The van der Waals surface area contributed by atoms with Gasteiger partial charge in [0.25, 0.3) is 5.91 Å². The average Bonchev–Trinajstić information content (AvgIpc) is 2.96. The molecule has 4 heteroatoms. The number of carbonyl (C=O) groups is 1. The van der Waals surface area contributed by atoms with Crippen LogP contribution in [0, 0.1) is 13.8 Å². The number of thiophene rings is 1. The zero-order valence-electron chi connectivity index (χ0n) is 14.8. The first-order valence-corrected chi connectivity index (χ1v) is 9.60. The van der Waals surface area contributed by atoms with Gasteiger partial charge in [-0.3, -0.25) is 4.79 Å². The molecule has 1 aliphatic rings. The highest BCUT2D eigenvalue weighted by molar-refractivity contribution is 7.14. The van der Waals surface area contributed by atoms with Crippen LogP contribution in [0.15, 0.2) is 30.3 Å². The number of aryl methyl sites for hydroxylation is 3. The number of carbonyl (C=O) groups excluding carboxylic acids is 1. The van der Waals surface area contributed by atoms with Gasteiger partial charge in [0, 0.05) is 36.7 Å². The number of anilines is 1. The lowest BCUT2D eigenvalue weighted by Gasteiger charge is -2.36. The second-order valence-electron chi connectivity index (χ2n) is 6.56. The fraction of sp³-hybridized carbons (Fsp3) is 0.450. The highest BCUT2D eigenvalue weighted by Gasteiger charge is 2.24. The lowest BCUT2D eigenvalue weighted by Crippen LogP contribution is -2.48. The lowest BCUT2D eigenvalue weighted by molar-refractivity contribution is 0.0751. The Morgan fingerprint density at radius 3 is 2.54 bits per heavy atom. The molecule has 0 atom stereocenters. The molecule has 1 fully saturated rings. The summed E-state index contributed by atoms with van der Waals surface area (Å²) in [5.41, 5.74) is 3.88. The Morgan fingerprint density at radius 2 is 1.88 bits per heavy atom. The summed E-state index contributed by atoms with van der Waals surface area (Å²) in [4.78, 5) is 19.4. The Kier molecular flexibility index (Phi) is 5.24. The lowest BCUT2D eigenvalue weighted by atomic mass is 10.1. The zero-order valence-corrected chi connectivity index (χ0v) is 15.7. The molecule has 1 amide bonds. The van der Waals surface area contributed by atoms with Crippen LogP contribution in [0.3, 0.4) is 0 Å². The normalized spacial score (nSPS) is 15.0. The summed E-state index contributed by atoms with van der Waals surface area (Å²) in [5.74, 6) is 0.203. The molecule has 1 aromatic heterocycles. The van der Waals surface area contributed by atoms with Crippen molar-refractivity contribution in [2.45, 2.75) is 33.6 Å². The van der Waals surface area contributed by atoms with Crippen LogP contribution < -0.4 is 4.90 Å². The van der Waals surface area contributed by atoms with Crippen molar-refractivity contribution in [1.82, 2.24) is 4.90 Å². The summed E-state index contributed by atoms with van der Waals surface area (Å²) in [6.07, 6.45) is 2.19. The van der Waals surface area contributed by atoms with Crippen LogP contribution >= 0.6 is 11.3 Å². The monoisotopic (exact) mass is 342 g/mol. The van der Waals surface area contributed by atoms with Gasteiger partial charge >= 0.3 is 0 Å². The van der Waals surface area contributed by atoms with Crippen LogP contribution in [0.1, 0.15) is 39.0 Å². The van der Waals surface area contributed by atoms with Gasteiger partial charge in [0.05, 0.1) is 4.88 Å². The number of rotatable bonds is 4. The van der Waals surface area contributed by atoms with Gasteiger partial charge in [0.1, 0.15) is 0 Å². The maximum atomic E-state index is 12.8. The first-order chi connectivity index (χ1) is 11.6. The van der Waals surface area contributed by atoms with Gasteiger partial charge in [-0.1, -0.05) is 25.5 Å². The van der Waals surface area contributed by atoms with Crippen molar-refractivity contribution in [3.63, 3.8) is 0 Å². The average molecular weight is 343 g/mol. The maximum Gasteiger partial charge on any atom is 0.264 e. The van der Waals surface area contributed by atoms with Crippen LogP contribution in [0.5, 0.6) is 0 Å². The Labute approximate surface area is 148 Å². The van der Waals surface area contributed by atoms with E-state index in [1.54, 1.807) is 11.3 Å². The van der Waals surface area contributed by atoms with E-state index in [9.17, 15) is 4.79 Å². The molecule has 0 aliphatic carbocycles. The van der Waals surface area contributed by atoms with E-state index >= 15 is 0 Å². The molecule has 0 saturated carbocycles. The van der Waals surface area contributed by atoms with E-state index in [4.69, 9.17) is 0 Å². The number of amides is 1. The van der Waals surface area contributed by atoms with E-state index in [0.717, 1.165) is 43.9 Å². The molecule has 1 aromatic carbocycles. The van der Waals surface area contributed by atoms with Gasteiger partial charge in [-0.05, 0) is 49.6 Å². The smallest absolute Gasteiger partial charge is 0.264 e. The van der Waals surface area contributed by atoms with E-state index in [2.05, 4.69) is 56.0 Å². The summed E-state index contributed by atoms with van der Waals surface area (Å²) < 4.78 is 0. The van der Waals surface area contributed by atoms with E-state index in [0.29, 0.717) is 0 Å². The summed E-state index contributed by atoms with van der Waals surface area (Å²) in [5, 5.41) is 0. The van der Waals surface area contributed by atoms with Gasteiger partial charge in [-0.2, -0.15) is 0 Å². The summed E-state index contributed by atoms with van der Waals surface area (Å²) in [6.45, 7) is 9.84. The van der Waals surface area contributed by atoms with Gasteiger partial charge in [-0.25, -0.2) is 0 Å². The molecular weight excluding hydrogens is 316 g/mol. The first-order valence-electron chi connectivity index (χ1n) is 8.78. The molecule has 0 N–H and O–H groups in total. The Hall–Kier alpha value is -1.81. The molecule has 0 spiro atoms. The molecule has 1 saturated heterocycles. The minimum atomic E-state index is 0.203. The Bertz CT molecular complexity index is 714. The summed E-state index contributed by atoms with van der Waals surface area (Å²) in [6, 6.07) is 10.7. The van der Waals surface area contributed by atoms with Crippen molar-refractivity contribution >= 4 is 22.9 Å². The van der Waals surface area contributed by atoms with Crippen molar-refractivity contribution in [2.24, 2.45) is 0 Å². The molecule has 0 unspecified atom stereocenters. The molecule has 1 aliphatic heterocycles. The van der Waals surface area contributed by atoms with Gasteiger partial charge in [-0.15, -0.1) is 11.3 Å². The van der Waals surface area contributed by atoms with E-state index in [1.807, 2.05) is 4.90 Å². The van der Waals surface area contributed by atoms with Gasteiger partial charge in [0.15, 0.2) is 0 Å². The molecule has 128 valence electrons. The SMILES string of the molecule is CCCc1cc(C(=O)N2CCN(c3cccc(C)c3)CC2)sc1C.